The number of benzene rings is 1. The number of rotatable bonds is 4. The molecule has 1 aliphatic rings. The van der Waals surface area contributed by atoms with Crippen molar-refractivity contribution in [1.29, 1.82) is 0 Å². The van der Waals surface area contributed by atoms with Gasteiger partial charge >= 0.3 is 0 Å². The number of hydrogen-bond acceptors (Lipinski definition) is 3. The van der Waals surface area contributed by atoms with Crippen LogP contribution in [0, 0.1) is 0 Å². The van der Waals surface area contributed by atoms with Crippen LogP contribution >= 0.6 is 24.0 Å². The van der Waals surface area contributed by atoms with Crippen molar-refractivity contribution in [3.63, 3.8) is 0 Å². The van der Waals surface area contributed by atoms with Crippen LogP contribution in [0.1, 0.15) is 31.9 Å². The van der Waals surface area contributed by atoms with Crippen molar-refractivity contribution in [2.45, 2.75) is 39.4 Å². The van der Waals surface area contributed by atoms with E-state index >= 15 is 0 Å². The smallest absolute Gasteiger partial charge is 0.189 e. The highest BCUT2D eigenvalue weighted by Crippen LogP contribution is 2.11. The molecule has 0 saturated carbocycles. The minimum Gasteiger partial charge on any atom is -0.379 e. The summed E-state index contributed by atoms with van der Waals surface area (Å²) < 4.78 is 5.39. The summed E-state index contributed by atoms with van der Waals surface area (Å²) in [4.78, 5) is 6.84. The van der Waals surface area contributed by atoms with E-state index < -0.39 is 0 Å². The van der Waals surface area contributed by atoms with E-state index in [0.29, 0.717) is 12.5 Å². The van der Waals surface area contributed by atoms with E-state index in [1.165, 1.54) is 11.1 Å². The van der Waals surface area contributed by atoms with Crippen LogP contribution in [0.3, 0.4) is 0 Å². The molecule has 0 spiro atoms. The van der Waals surface area contributed by atoms with E-state index in [9.17, 15) is 0 Å². The molecule has 1 fully saturated rings. The van der Waals surface area contributed by atoms with Crippen molar-refractivity contribution in [3.05, 3.63) is 35.4 Å². The molecule has 23 heavy (non-hydrogen) atoms. The first-order chi connectivity index (χ1) is 10.4. The zero-order valence-electron chi connectivity index (χ0n) is 14.3. The highest BCUT2D eigenvalue weighted by atomic mass is 127. The molecule has 2 rings (SSSR count). The average molecular weight is 432 g/mol. The Morgan fingerprint density at radius 3 is 2.57 bits per heavy atom. The molecular formula is C17H29IN4O. The Morgan fingerprint density at radius 1 is 1.26 bits per heavy atom. The number of nitrogens with zero attached hydrogens (tertiary/aromatic N) is 2. The van der Waals surface area contributed by atoms with E-state index in [1.807, 2.05) is 0 Å². The molecule has 130 valence electrons. The molecule has 1 aromatic carbocycles. The number of halogens is 1. The van der Waals surface area contributed by atoms with Crippen molar-refractivity contribution in [1.82, 2.24) is 10.2 Å². The van der Waals surface area contributed by atoms with E-state index in [4.69, 9.17) is 10.5 Å². The third-order valence-corrected chi connectivity index (χ3v) is 3.44. The first-order valence-corrected chi connectivity index (χ1v) is 7.88. The lowest BCUT2D eigenvalue weighted by Gasteiger charge is -2.26. The Hall–Kier alpha value is -0.860. The summed E-state index contributed by atoms with van der Waals surface area (Å²) in [6.07, 6.45) is 0. The van der Waals surface area contributed by atoms with E-state index in [-0.39, 0.29) is 29.5 Å². The molecule has 0 bridgehead atoms. The monoisotopic (exact) mass is 432 g/mol. The van der Waals surface area contributed by atoms with Crippen molar-refractivity contribution < 1.29 is 4.74 Å². The number of morpholine rings is 1. The Balaban J connectivity index is 0.00000264. The first-order valence-electron chi connectivity index (χ1n) is 7.88. The van der Waals surface area contributed by atoms with Crippen LogP contribution in [0.2, 0.25) is 0 Å². The lowest BCUT2D eigenvalue weighted by atomic mass is 10.1. The van der Waals surface area contributed by atoms with Gasteiger partial charge in [-0.25, -0.2) is 4.99 Å². The van der Waals surface area contributed by atoms with Gasteiger partial charge in [-0.2, -0.15) is 0 Å². The Bertz CT molecular complexity index is 508. The Morgan fingerprint density at radius 2 is 1.91 bits per heavy atom. The van der Waals surface area contributed by atoms with Crippen LogP contribution in [-0.2, 0) is 17.8 Å². The minimum atomic E-state index is -0.0637. The van der Waals surface area contributed by atoms with Crippen LogP contribution in [0.5, 0.6) is 0 Å². The number of hydrogen-bond donors (Lipinski definition) is 2. The van der Waals surface area contributed by atoms with Gasteiger partial charge in [0.1, 0.15) is 0 Å². The lowest BCUT2D eigenvalue weighted by Crippen LogP contribution is -2.44. The van der Waals surface area contributed by atoms with E-state index in [1.54, 1.807) is 0 Å². The molecule has 5 nitrogen and oxygen atoms in total. The first kappa shape index (κ1) is 20.2. The van der Waals surface area contributed by atoms with Crippen molar-refractivity contribution in [2.75, 3.05) is 26.3 Å². The molecule has 3 N–H and O–H groups in total. The zero-order chi connectivity index (χ0) is 16.0. The molecule has 0 atom stereocenters. The van der Waals surface area contributed by atoms with Gasteiger partial charge < -0.3 is 15.8 Å². The molecule has 6 heteroatoms. The summed E-state index contributed by atoms with van der Waals surface area (Å²) in [7, 11) is 0. The molecule has 1 saturated heterocycles. The second-order valence-electron chi connectivity index (χ2n) is 6.78. The molecule has 0 aliphatic carbocycles. The van der Waals surface area contributed by atoms with Crippen LogP contribution in [-0.4, -0.2) is 42.7 Å². The SMILES string of the molecule is CC(C)(C)NC(N)=NCc1cccc(CN2CCOCC2)c1.I. The third-order valence-electron chi connectivity index (χ3n) is 3.44. The fraction of sp³-hybridized carbons (Fsp3) is 0.588. The van der Waals surface area contributed by atoms with Gasteiger partial charge in [0.05, 0.1) is 19.8 Å². The standard InChI is InChI=1S/C17H28N4O.HI/c1-17(2,3)20-16(18)19-12-14-5-4-6-15(11-14)13-21-7-9-22-10-8-21;/h4-6,11H,7-10,12-13H2,1-3H3,(H3,18,19,20);1H. The van der Waals surface area contributed by atoms with Gasteiger partial charge in [0.15, 0.2) is 5.96 Å². The summed E-state index contributed by atoms with van der Waals surface area (Å²) in [5.41, 5.74) is 8.35. The van der Waals surface area contributed by atoms with Gasteiger partial charge in [0.25, 0.3) is 0 Å². The fourth-order valence-electron chi connectivity index (χ4n) is 2.44. The second-order valence-corrected chi connectivity index (χ2v) is 6.78. The van der Waals surface area contributed by atoms with Gasteiger partial charge in [-0.15, -0.1) is 24.0 Å². The molecule has 1 heterocycles. The molecule has 0 radical (unpaired) electrons. The van der Waals surface area contributed by atoms with E-state index in [2.05, 4.69) is 60.2 Å². The number of ether oxygens (including phenoxy) is 1. The highest BCUT2D eigenvalue weighted by Gasteiger charge is 2.11. The van der Waals surface area contributed by atoms with Gasteiger partial charge in [-0.1, -0.05) is 24.3 Å². The van der Waals surface area contributed by atoms with Crippen molar-refractivity contribution >= 4 is 29.9 Å². The number of nitrogens with one attached hydrogen (secondary N) is 1. The predicted octanol–water partition coefficient (Wildman–Crippen LogP) is 2.34. The third kappa shape index (κ3) is 7.99. The second kappa shape index (κ2) is 9.44. The largest absolute Gasteiger partial charge is 0.379 e. The van der Waals surface area contributed by atoms with Crippen LogP contribution < -0.4 is 11.1 Å². The lowest BCUT2D eigenvalue weighted by molar-refractivity contribution is 0.0342. The van der Waals surface area contributed by atoms with Gasteiger partial charge in [0.2, 0.25) is 0 Å². The molecule has 0 aromatic heterocycles. The summed E-state index contributed by atoms with van der Waals surface area (Å²) in [6.45, 7) is 11.4. The maximum atomic E-state index is 5.91. The van der Waals surface area contributed by atoms with Gasteiger partial charge in [0, 0.05) is 25.2 Å². The molecule has 0 unspecified atom stereocenters. The number of guanidine groups is 1. The minimum absolute atomic E-state index is 0. The number of nitrogens with two attached hydrogens (primary N) is 1. The molecule has 1 aliphatic heterocycles. The van der Waals surface area contributed by atoms with Gasteiger partial charge in [-0.05, 0) is 31.9 Å². The molecule has 1 aromatic rings. The predicted molar refractivity (Wildman–Crippen MR) is 106 cm³/mol. The maximum Gasteiger partial charge on any atom is 0.189 e. The summed E-state index contributed by atoms with van der Waals surface area (Å²) in [5.74, 6) is 0.492. The fourth-order valence-corrected chi connectivity index (χ4v) is 2.44. The summed E-state index contributed by atoms with van der Waals surface area (Å²) >= 11 is 0. The van der Waals surface area contributed by atoms with Crippen LogP contribution in [0.15, 0.2) is 29.3 Å². The Labute approximate surface area is 156 Å². The van der Waals surface area contributed by atoms with Gasteiger partial charge in [-0.3, -0.25) is 4.90 Å². The summed E-state index contributed by atoms with van der Waals surface area (Å²) in [6, 6.07) is 8.56. The highest BCUT2D eigenvalue weighted by molar-refractivity contribution is 14.0. The Kier molecular flexibility index (Phi) is 8.28. The maximum absolute atomic E-state index is 5.91. The number of aliphatic imine (C=N–C) groups is 1. The van der Waals surface area contributed by atoms with Crippen LogP contribution in [0.25, 0.3) is 0 Å². The average Bonchev–Trinajstić information content (AvgIpc) is 2.45. The zero-order valence-corrected chi connectivity index (χ0v) is 16.7. The topological polar surface area (TPSA) is 62.9 Å². The van der Waals surface area contributed by atoms with Crippen LogP contribution in [0.4, 0.5) is 0 Å². The quantitative estimate of drug-likeness (QED) is 0.436. The molecular weight excluding hydrogens is 403 g/mol. The normalized spacial score (nSPS) is 16.7. The van der Waals surface area contributed by atoms with E-state index in [0.717, 1.165) is 32.8 Å². The molecule has 0 amide bonds. The van der Waals surface area contributed by atoms with Crippen molar-refractivity contribution in [2.24, 2.45) is 10.7 Å². The van der Waals surface area contributed by atoms with Crippen molar-refractivity contribution in [3.8, 4) is 0 Å². The summed E-state index contributed by atoms with van der Waals surface area (Å²) in [5, 5.41) is 3.18.